The highest BCUT2D eigenvalue weighted by Gasteiger charge is 2.17. The number of hydrogen-bond donors (Lipinski definition) is 2. The van der Waals surface area contributed by atoms with E-state index in [2.05, 4.69) is 34.8 Å². The standard InChI is InChI=1S/C9H9NO.C8H8N2S/c1-6-2-3-7-5-10-9(11)8(7)4-6;1-5-2-3-7-6(4-5)8(9)10-11-7/h2-4H,5H2,1H3,(H,10,11);2-4H,1H3,(H2,9,10). The molecular formula is C17H17N3OS. The summed E-state index contributed by atoms with van der Waals surface area (Å²) in [5.74, 6) is 0.706. The van der Waals surface area contributed by atoms with Crippen LogP contribution in [0, 0.1) is 13.8 Å². The summed E-state index contributed by atoms with van der Waals surface area (Å²) in [5.41, 5.74) is 9.96. The number of benzene rings is 2. The third-order valence-electron chi connectivity index (χ3n) is 3.60. The molecule has 4 rings (SSSR count). The van der Waals surface area contributed by atoms with E-state index in [1.165, 1.54) is 17.1 Å². The first-order valence-electron chi connectivity index (χ1n) is 7.04. The Morgan fingerprint density at radius 3 is 2.68 bits per heavy atom. The summed E-state index contributed by atoms with van der Waals surface area (Å²) >= 11 is 1.45. The number of carbonyl (C=O) groups is 1. The van der Waals surface area contributed by atoms with Crippen LogP contribution in [0.3, 0.4) is 0 Å². The van der Waals surface area contributed by atoms with Gasteiger partial charge in [0.15, 0.2) is 0 Å². The van der Waals surface area contributed by atoms with E-state index in [0.717, 1.165) is 26.8 Å². The lowest BCUT2D eigenvalue weighted by Gasteiger charge is -1.95. The van der Waals surface area contributed by atoms with E-state index in [1.54, 1.807) is 0 Å². The molecule has 2 heterocycles. The van der Waals surface area contributed by atoms with Crippen molar-refractivity contribution in [3.63, 3.8) is 0 Å². The fraction of sp³-hybridized carbons (Fsp3) is 0.176. The van der Waals surface area contributed by atoms with Crippen molar-refractivity contribution in [1.82, 2.24) is 9.69 Å². The number of nitrogens with zero attached hydrogens (tertiary/aromatic N) is 1. The van der Waals surface area contributed by atoms with Crippen LogP contribution in [-0.4, -0.2) is 10.3 Å². The maximum atomic E-state index is 11.1. The number of aryl methyl sites for hydroxylation is 2. The maximum absolute atomic E-state index is 11.1. The Balaban J connectivity index is 0.000000131. The molecule has 1 amide bonds. The molecule has 0 spiro atoms. The minimum Gasteiger partial charge on any atom is -0.382 e. The number of carbonyl (C=O) groups excluding carboxylic acids is 1. The highest BCUT2D eigenvalue weighted by atomic mass is 32.1. The van der Waals surface area contributed by atoms with Crippen LogP contribution in [-0.2, 0) is 6.54 Å². The van der Waals surface area contributed by atoms with E-state index in [4.69, 9.17) is 5.73 Å². The van der Waals surface area contributed by atoms with Gasteiger partial charge in [-0.25, -0.2) is 0 Å². The number of aromatic nitrogens is 1. The predicted molar refractivity (Wildman–Crippen MR) is 91.1 cm³/mol. The number of rotatable bonds is 0. The molecule has 0 saturated heterocycles. The highest BCUT2D eigenvalue weighted by molar-refractivity contribution is 7.13. The average molecular weight is 311 g/mol. The van der Waals surface area contributed by atoms with Gasteiger partial charge >= 0.3 is 0 Å². The molecule has 1 aliphatic rings. The summed E-state index contributed by atoms with van der Waals surface area (Å²) in [4.78, 5) is 11.1. The first-order chi connectivity index (χ1) is 10.5. The largest absolute Gasteiger partial charge is 0.382 e. The summed E-state index contributed by atoms with van der Waals surface area (Å²) in [7, 11) is 0. The molecule has 0 atom stereocenters. The number of amides is 1. The Kier molecular flexibility index (Phi) is 3.81. The van der Waals surface area contributed by atoms with Crippen molar-refractivity contribution in [1.29, 1.82) is 0 Å². The third kappa shape index (κ3) is 2.80. The van der Waals surface area contributed by atoms with Crippen LogP contribution in [0.15, 0.2) is 36.4 Å². The molecule has 0 saturated carbocycles. The molecule has 3 N–H and O–H groups in total. The van der Waals surface area contributed by atoms with E-state index < -0.39 is 0 Å². The van der Waals surface area contributed by atoms with Crippen LogP contribution >= 0.6 is 11.5 Å². The lowest BCUT2D eigenvalue weighted by molar-refractivity contribution is 0.0965. The Hall–Kier alpha value is -2.40. The Morgan fingerprint density at radius 1 is 1.14 bits per heavy atom. The van der Waals surface area contributed by atoms with Gasteiger partial charge < -0.3 is 11.1 Å². The van der Waals surface area contributed by atoms with Crippen molar-refractivity contribution in [3.8, 4) is 0 Å². The lowest BCUT2D eigenvalue weighted by Crippen LogP contribution is -2.12. The minimum atomic E-state index is 0.0590. The molecule has 1 aromatic heterocycles. The van der Waals surface area contributed by atoms with Gasteiger partial charge in [-0.05, 0) is 49.1 Å². The summed E-state index contributed by atoms with van der Waals surface area (Å²) < 4.78 is 5.22. The van der Waals surface area contributed by atoms with Crippen LogP contribution in [0.4, 0.5) is 5.82 Å². The van der Waals surface area contributed by atoms with E-state index >= 15 is 0 Å². The molecule has 1 aliphatic heterocycles. The van der Waals surface area contributed by atoms with Crippen molar-refractivity contribution in [2.24, 2.45) is 0 Å². The Morgan fingerprint density at radius 2 is 1.86 bits per heavy atom. The van der Waals surface area contributed by atoms with Gasteiger partial charge in [0.1, 0.15) is 5.82 Å². The fourth-order valence-electron chi connectivity index (χ4n) is 2.40. The molecule has 0 bridgehead atoms. The van der Waals surface area contributed by atoms with Gasteiger partial charge in [-0.1, -0.05) is 29.3 Å². The van der Waals surface area contributed by atoms with Gasteiger partial charge in [0, 0.05) is 17.5 Å². The van der Waals surface area contributed by atoms with Crippen LogP contribution in [0.2, 0.25) is 0 Å². The number of anilines is 1. The van der Waals surface area contributed by atoms with E-state index in [0.29, 0.717) is 12.4 Å². The smallest absolute Gasteiger partial charge is 0.251 e. The summed E-state index contributed by atoms with van der Waals surface area (Å²) in [6.45, 7) is 4.73. The maximum Gasteiger partial charge on any atom is 0.251 e. The van der Waals surface area contributed by atoms with Crippen LogP contribution in [0.25, 0.3) is 10.1 Å². The van der Waals surface area contributed by atoms with Gasteiger partial charge in [-0.3, -0.25) is 4.79 Å². The number of nitrogens with two attached hydrogens (primary N) is 1. The number of hydrogen-bond acceptors (Lipinski definition) is 4. The molecule has 0 aliphatic carbocycles. The van der Waals surface area contributed by atoms with E-state index in [9.17, 15) is 4.79 Å². The fourth-order valence-corrected chi connectivity index (χ4v) is 3.08. The summed E-state index contributed by atoms with van der Waals surface area (Å²) in [5, 5.41) is 3.85. The highest BCUT2D eigenvalue weighted by Crippen LogP contribution is 2.24. The zero-order valence-corrected chi connectivity index (χ0v) is 13.3. The van der Waals surface area contributed by atoms with Crippen molar-refractivity contribution >= 4 is 33.3 Å². The molecule has 3 aromatic rings. The molecule has 5 heteroatoms. The molecular weight excluding hydrogens is 294 g/mol. The molecule has 22 heavy (non-hydrogen) atoms. The Bertz CT molecular complexity index is 854. The lowest BCUT2D eigenvalue weighted by atomic mass is 10.1. The molecule has 112 valence electrons. The quantitative estimate of drug-likeness (QED) is 0.668. The predicted octanol–water partition coefficient (Wildman–Crippen LogP) is 3.43. The summed E-state index contributed by atoms with van der Waals surface area (Å²) in [6, 6.07) is 12.1. The topological polar surface area (TPSA) is 68.0 Å². The van der Waals surface area contributed by atoms with Crippen molar-refractivity contribution < 1.29 is 4.79 Å². The van der Waals surface area contributed by atoms with E-state index in [-0.39, 0.29) is 5.91 Å². The van der Waals surface area contributed by atoms with Crippen molar-refractivity contribution in [2.45, 2.75) is 20.4 Å². The second kappa shape index (κ2) is 5.77. The Labute approximate surface area is 133 Å². The second-order valence-electron chi connectivity index (χ2n) is 5.41. The van der Waals surface area contributed by atoms with E-state index in [1.807, 2.05) is 25.1 Å². The van der Waals surface area contributed by atoms with Gasteiger partial charge in [0.2, 0.25) is 0 Å². The zero-order valence-electron chi connectivity index (χ0n) is 12.5. The molecule has 0 unspecified atom stereocenters. The van der Waals surface area contributed by atoms with Gasteiger partial charge in [0.05, 0.1) is 4.70 Å². The third-order valence-corrected chi connectivity index (χ3v) is 4.44. The van der Waals surface area contributed by atoms with Crippen molar-refractivity contribution in [2.75, 3.05) is 5.73 Å². The number of fused-ring (bicyclic) bond motifs is 2. The first-order valence-corrected chi connectivity index (χ1v) is 7.81. The minimum absolute atomic E-state index is 0.0590. The first kappa shape index (κ1) is 14.5. The normalized spacial score (nSPS) is 12.5. The van der Waals surface area contributed by atoms with Crippen LogP contribution in [0.5, 0.6) is 0 Å². The number of nitrogens with one attached hydrogen (secondary N) is 1. The van der Waals surface area contributed by atoms with Crippen LogP contribution < -0.4 is 11.1 Å². The molecule has 0 fully saturated rings. The average Bonchev–Trinajstić information content (AvgIpc) is 3.04. The van der Waals surface area contributed by atoms with Gasteiger partial charge in [0.25, 0.3) is 5.91 Å². The number of nitrogen functional groups attached to an aromatic ring is 1. The molecule has 2 aromatic carbocycles. The zero-order chi connectivity index (χ0) is 15.7. The summed E-state index contributed by atoms with van der Waals surface area (Å²) in [6.07, 6.45) is 0. The van der Waals surface area contributed by atoms with Gasteiger partial charge in [-0.15, -0.1) is 0 Å². The molecule has 0 radical (unpaired) electrons. The monoisotopic (exact) mass is 311 g/mol. The molecule has 4 nitrogen and oxygen atoms in total. The van der Waals surface area contributed by atoms with Gasteiger partial charge in [-0.2, -0.15) is 4.37 Å². The van der Waals surface area contributed by atoms with Crippen LogP contribution in [0.1, 0.15) is 27.0 Å². The second-order valence-corrected chi connectivity index (χ2v) is 6.22. The SMILES string of the molecule is Cc1ccc2c(c1)C(=O)NC2.Cc1ccc2snc(N)c2c1. The van der Waals surface area contributed by atoms with Crippen molar-refractivity contribution in [3.05, 3.63) is 58.7 Å².